The molecule has 2 N–H and O–H groups in total. The number of amides is 1. The van der Waals surface area contributed by atoms with Crippen molar-refractivity contribution in [1.29, 1.82) is 0 Å². The van der Waals surface area contributed by atoms with Gasteiger partial charge in [0.1, 0.15) is 17.0 Å². The van der Waals surface area contributed by atoms with Crippen LogP contribution in [0, 0.1) is 5.92 Å². The Morgan fingerprint density at radius 1 is 1.38 bits per heavy atom. The van der Waals surface area contributed by atoms with Gasteiger partial charge in [-0.05, 0) is 25.3 Å². The highest BCUT2D eigenvalue weighted by Crippen LogP contribution is 2.28. The van der Waals surface area contributed by atoms with Crippen LogP contribution in [0.25, 0.3) is 10.2 Å². The molecule has 3 heterocycles. The van der Waals surface area contributed by atoms with E-state index in [1.165, 1.54) is 11.2 Å². The first-order valence-corrected chi connectivity index (χ1v) is 8.88. The lowest BCUT2D eigenvalue weighted by molar-refractivity contribution is -0.145. The van der Waals surface area contributed by atoms with E-state index in [2.05, 4.69) is 28.3 Å². The summed E-state index contributed by atoms with van der Waals surface area (Å²) in [5, 5.41) is 13.1. The van der Waals surface area contributed by atoms with Crippen LogP contribution in [-0.2, 0) is 16.0 Å². The number of hydrogen-bond donors (Lipinski definition) is 2. The number of nitrogens with zero attached hydrogens (tertiary/aromatic N) is 3. The summed E-state index contributed by atoms with van der Waals surface area (Å²) in [4.78, 5) is 35.7. The number of piperidine rings is 1. The highest BCUT2D eigenvalue weighted by Gasteiger charge is 2.26. The molecule has 7 nitrogen and oxygen atoms in total. The zero-order valence-corrected chi connectivity index (χ0v) is 14.3. The molecule has 3 rings (SSSR count). The van der Waals surface area contributed by atoms with Gasteiger partial charge in [0.25, 0.3) is 0 Å². The molecule has 2 aromatic heterocycles. The van der Waals surface area contributed by atoms with E-state index >= 15 is 0 Å². The maximum atomic E-state index is 12.3. The van der Waals surface area contributed by atoms with E-state index in [9.17, 15) is 9.59 Å². The number of fused-ring (bicyclic) bond motifs is 1. The highest BCUT2D eigenvalue weighted by atomic mass is 32.1. The van der Waals surface area contributed by atoms with Gasteiger partial charge in [-0.3, -0.25) is 9.59 Å². The molecule has 8 heteroatoms. The van der Waals surface area contributed by atoms with E-state index in [-0.39, 0.29) is 18.4 Å². The Labute approximate surface area is 143 Å². The Bertz CT molecular complexity index is 753. The maximum Gasteiger partial charge on any atom is 0.306 e. The van der Waals surface area contributed by atoms with E-state index in [4.69, 9.17) is 5.11 Å². The quantitative estimate of drug-likeness (QED) is 0.858. The van der Waals surface area contributed by atoms with Crippen molar-refractivity contribution >= 4 is 39.2 Å². The van der Waals surface area contributed by atoms with E-state index in [1.807, 2.05) is 0 Å². The van der Waals surface area contributed by atoms with Crippen molar-refractivity contribution in [2.24, 2.45) is 5.92 Å². The number of aliphatic carboxylic acids is 1. The van der Waals surface area contributed by atoms with Gasteiger partial charge in [-0.2, -0.15) is 0 Å². The lowest BCUT2D eigenvalue weighted by atomic mass is 9.97. The van der Waals surface area contributed by atoms with Crippen LogP contribution in [0.3, 0.4) is 0 Å². The van der Waals surface area contributed by atoms with Gasteiger partial charge in [-0.1, -0.05) is 6.92 Å². The maximum absolute atomic E-state index is 12.3. The number of nitrogens with one attached hydrogen (secondary N) is 1. The Morgan fingerprint density at radius 2 is 2.12 bits per heavy atom. The topological polar surface area (TPSA) is 95.4 Å². The van der Waals surface area contributed by atoms with Gasteiger partial charge in [0, 0.05) is 18.0 Å². The SMILES string of the molecule is CCc1cc2c(NCC(=O)N3CCC(C(=O)O)CC3)ncnc2s1. The first-order valence-electron chi connectivity index (χ1n) is 8.06. The first kappa shape index (κ1) is 16.6. The van der Waals surface area contributed by atoms with Crippen molar-refractivity contribution in [1.82, 2.24) is 14.9 Å². The third kappa shape index (κ3) is 3.48. The fourth-order valence-electron chi connectivity index (χ4n) is 2.87. The second kappa shape index (κ2) is 7.12. The molecule has 0 bridgehead atoms. The van der Waals surface area contributed by atoms with Crippen LogP contribution in [0.15, 0.2) is 12.4 Å². The zero-order chi connectivity index (χ0) is 17.1. The molecule has 0 aliphatic carbocycles. The standard InChI is InChI=1S/C16H20N4O3S/c1-2-11-7-12-14(18-9-19-15(12)24-11)17-8-13(21)20-5-3-10(4-6-20)16(22)23/h7,9-10H,2-6,8H2,1H3,(H,22,23)(H,17,18,19). The number of thiophene rings is 1. The molecule has 1 saturated heterocycles. The summed E-state index contributed by atoms with van der Waals surface area (Å²) < 4.78 is 0. The molecule has 0 aromatic carbocycles. The molecular weight excluding hydrogens is 328 g/mol. The number of carboxylic acids is 1. The van der Waals surface area contributed by atoms with E-state index in [0.29, 0.717) is 31.7 Å². The molecule has 0 unspecified atom stereocenters. The smallest absolute Gasteiger partial charge is 0.306 e. The minimum absolute atomic E-state index is 0.0310. The molecule has 1 aliphatic heterocycles. The van der Waals surface area contributed by atoms with Crippen LogP contribution in [0.1, 0.15) is 24.6 Å². The van der Waals surface area contributed by atoms with Gasteiger partial charge in [0.2, 0.25) is 5.91 Å². The molecule has 0 atom stereocenters. The van der Waals surface area contributed by atoms with Crippen molar-refractivity contribution < 1.29 is 14.7 Å². The number of aromatic nitrogens is 2. The van der Waals surface area contributed by atoms with Gasteiger partial charge in [0.05, 0.1) is 17.8 Å². The first-order chi connectivity index (χ1) is 11.6. The van der Waals surface area contributed by atoms with E-state index < -0.39 is 5.97 Å². The molecule has 128 valence electrons. The van der Waals surface area contributed by atoms with Crippen molar-refractivity contribution in [2.45, 2.75) is 26.2 Å². The minimum Gasteiger partial charge on any atom is -0.481 e. The number of rotatable bonds is 5. The Hall–Kier alpha value is -2.22. The third-order valence-electron chi connectivity index (χ3n) is 4.33. The molecule has 0 spiro atoms. The molecule has 24 heavy (non-hydrogen) atoms. The predicted molar refractivity (Wildman–Crippen MR) is 92.2 cm³/mol. The summed E-state index contributed by atoms with van der Waals surface area (Å²) in [6.45, 7) is 3.24. The Kier molecular flexibility index (Phi) is 4.94. The monoisotopic (exact) mass is 348 g/mol. The molecule has 0 saturated carbocycles. The summed E-state index contributed by atoms with van der Waals surface area (Å²) in [6, 6.07) is 2.06. The molecular formula is C16H20N4O3S. The molecule has 1 aliphatic rings. The van der Waals surface area contributed by atoms with Crippen LogP contribution in [0.4, 0.5) is 5.82 Å². The second-order valence-corrected chi connectivity index (χ2v) is 6.97. The number of carboxylic acid groups (broad SMARTS) is 1. The molecule has 2 aromatic rings. The second-order valence-electron chi connectivity index (χ2n) is 5.85. The lowest BCUT2D eigenvalue weighted by Crippen LogP contribution is -2.42. The predicted octanol–water partition coefficient (Wildman–Crippen LogP) is 1.99. The van der Waals surface area contributed by atoms with Gasteiger partial charge in [-0.15, -0.1) is 11.3 Å². The summed E-state index contributed by atoms with van der Waals surface area (Å²) in [7, 11) is 0. The molecule has 1 amide bonds. The average molecular weight is 348 g/mol. The van der Waals surface area contributed by atoms with Crippen LogP contribution < -0.4 is 5.32 Å². The van der Waals surface area contributed by atoms with Crippen LogP contribution in [0.2, 0.25) is 0 Å². The van der Waals surface area contributed by atoms with Crippen LogP contribution in [0.5, 0.6) is 0 Å². The number of carbonyl (C=O) groups excluding carboxylic acids is 1. The fraction of sp³-hybridized carbons (Fsp3) is 0.500. The van der Waals surface area contributed by atoms with Gasteiger partial charge in [0.15, 0.2) is 0 Å². The normalized spacial score (nSPS) is 15.6. The Balaban J connectivity index is 1.61. The number of carbonyl (C=O) groups is 2. The molecule has 0 radical (unpaired) electrons. The summed E-state index contributed by atoms with van der Waals surface area (Å²) in [5.41, 5.74) is 0. The largest absolute Gasteiger partial charge is 0.481 e. The zero-order valence-electron chi connectivity index (χ0n) is 13.5. The fourth-order valence-corrected chi connectivity index (χ4v) is 3.80. The van der Waals surface area contributed by atoms with Crippen LogP contribution >= 0.6 is 11.3 Å². The lowest BCUT2D eigenvalue weighted by Gasteiger charge is -2.30. The summed E-state index contributed by atoms with van der Waals surface area (Å²) >= 11 is 1.63. The Morgan fingerprint density at radius 3 is 2.79 bits per heavy atom. The van der Waals surface area contributed by atoms with Crippen LogP contribution in [-0.4, -0.2) is 51.5 Å². The van der Waals surface area contributed by atoms with Gasteiger partial charge < -0.3 is 15.3 Å². The molecule has 1 fully saturated rings. The van der Waals surface area contributed by atoms with E-state index in [1.54, 1.807) is 16.2 Å². The third-order valence-corrected chi connectivity index (χ3v) is 5.52. The van der Waals surface area contributed by atoms with Gasteiger partial charge in [-0.25, -0.2) is 9.97 Å². The van der Waals surface area contributed by atoms with Crippen molar-refractivity contribution in [3.8, 4) is 0 Å². The number of hydrogen-bond acceptors (Lipinski definition) is 6. The van der Waals surface area contributed by atoms with Crippen molar-refractivity contribution in [3.05, 3.63) is 17.3 Å². The summed E-state index contributed by atoms with van der Waals surface area (Å²) in [6.07, 6.45) is 3.48. The highest BCUT2D eigenvalue weighted by molar-refractivity contribution is 7.18. The van der Waals surface area contributed by atoms with Crippen molar-refractivity contribution in [3.63, 3.8) is 0 Å². The van der Waals surface area contributed by atoms with E-state index in [0.717, 1.165) is 16.6 Å². The number of aryl methyl sites for hydroxylation is 1. The minimum atomic E-state index is -0.771. The average Bonchev–Trinajstić information content (AvgIpc) is 3.03. The summed E-state index contributed by atoms with van der Waals surface area (Å²) in [5.74, 6) is -0.462. The number of anilines is 1. The van der Waals surface area contributed by atoms with Crippen molar-refractivity contribution in [2.75, 3.05) is 25.0 Å². The number of likely N-dealkylation sites (tertiary alicyclic amines) is 1. The van der Waals surface area contributed by atoms with Gasteiger partial charge >= 0.3 is 5.97 Å².